The van der Waals surface area contributed by atoms with E-state index in [2.05, 4.69) is 15.4 Å². The van der Waals surface area contributed by atoms with E-state index in [1.807, 2.05) is 48.1 Å². The molecule has 0 spiro atoms. The summed E-state index contributed by atoms with van der Waals surface area (Å²) in [6.07, 6.45) is 1.83. The molecular formula is C14H9ClN4S2. The first-order chi connectivity index (χ1) is 10.2. The fourth-order valence-electron chi connectivity index (χ4n) is 1.87. The monoisotopic (exact) mass is 332 g/mol. The van der Waals surface area contributed by atoms with Crippen LogP contribution in [0.15, 0.2) is 45.9 Å². The van der Waals surface area contributed by atoms with Gasteiger partial charge in [-0.2, -0.15) is 9.64 Å². The standard InChI is InChI=1S/C14H9ClN4S2/c1-19-11(9-5-3-2-4-6-9)8-17-14(19)20-13-10(7-16)12(15)18-21-13/h2-6,8H,1H3. The van der Waals surface area contributed by atoms with Crippen molar-refractivity contribution in [2.24, 2.45) is 7.05 Å². The molecule has 0 saturated heterocycles. The van der Waals surface area contributed by atoms with Crippen molar-refractivity contribution in [1.82, 2.24) is 13.9 Å². The Morgan fingerprint density at radius 2 is 2.10 bits per heavy atom. The van der Waals surface area contributed by atoms with Gasteiger partial charge in [-0.05, 0) is 28.9 Å². The minimum absolute atomic E-state index is 0.252. The van der Waals surface area contributed by atoms with Crippen LogP contribution >= 0.6 is 34.9 Å². The molecular weight excluding hydrogens is 324 g/mol. The number of imidazole rings is 1. The zero-order chi connectivity index (χ0) is 14.8. The van der Waals surface area contributed by atoms with Gasteiger partial charge in [0.15, 0.2) is 10.3 Å². The molecule has 104 valence electrons. The van der Waals surface area contributed by atoms with Crippen LogP contribution in [0.3, 0.4) is 0 Å². The van der Waals surface area contributed by atoms with E-state index >= 15 is 0 Å². The molecule has 0 aliphatic heterocycles. The van der Waals surface area contributed by atoms with Crippen molar-refractivity contribution < 1.29 is 0 Å². The van der Waals surface area contributed by atoms with Crippen LogP contribution in [0.25, 0.3) is 11.3 Å². The first-order valence-electron chi connectivity index (χ1n) is 6.01. The van der Waals surface area contributed by atoms with E-state index in [0.29, 0.717) is 5.56 Å². The number of benzene rings is 1. The van der Waals surface area contributed by atoms with Crippen molar-refractivity contribution in [2.75, 3.05) is 0 Å². The van der Waals surface area contributed by atoms with Gasteiger partial charge < -0.3 is 4.57 Å². The molecule has 0 N–H and O–H groups in total. The molecule has 0 aliphatic carbocycles. The van der Waals surface area contributed by atoms with Crippen LogP contribution in [-0.4, -0.2) is 13.9 Å². The summed E-state index contributed by atoms with van der Waals surface area (Å²) in [5.74, 6) is 0. The molecule has 21 heavy (non-hydrogen) atoms. The fraction of sp³-hybridized carbons (Fsp3) is 0.0714. The molecule has 2 aromatic heterocycles. The van der Waals surface area contributed by atoms with Gasteiger partial charge in [0.25, 0.3) is 0 Å². The molecule has 4 nitrogen and oxygen atoms in total. The molecule has 0 radical (unpaired) electrons. The number of halogens is 1. The van der Waals surface area contributed by atoms with E-state index in [4.69, 9.17) is 16.9 Å². The van der Waals surface area contributed by atoms with Crippen molar-refractivity contribution in [3.8, 4) is 17.3 Å². The van der Waals surface area contributed by atoms with Crippen LogP contribution < -0.4 is 0 Å². The summed E-state index contributed by atoms with van der Waals surface area (Å²) in [5, 5.41) is 10.2. The Kier molecular flexibility index (Phi) is 3.97. The normalized spacial score (nSPS) is 10.5. The highest BCUT2D eigenvalue weighted by Crippen LogP contribution is 2.37. The van der Waals surface area contributed by atoms with Gasteiger partial charge in [0, 0.05) is 7.05 Å². The minimum Gasteiger partial charge on any atom is -0.322 e. The summed E-state index contributed by atoms with van der Waals surface area (Å²) >= 11 is 8.51. The zero-order valence-electron chi connectivity index (χ0n) is 10.9. The third kappa shape index (κ3) is 2.68. The van der Waals surface area contributed by atoms with E-state index in [-0.39, 0.29) is 5.15 Å². The molecule has 0 saturated carbocycles. The van der Waals surface area contributed by atoms with E-state index in [1.54, 1.807) is 0 Å². The van der Waals surface area contributed by atoms with Gasteiger partial charge in [0.2, 0.25) is 0 Å². The highest BCUT2D eigenvalue weighted by molar-refractivity contribution is 8.01. The highest BCUT2D eigenvalue weighted by atomic mass is 35.5. The summed E-state index contributed by atoms with van der Waals surface area (Å²) in [6, 6.07) is 12.1. The average molecular weight is 333 g/mol. The summed E-state index contributed by atoms with van der Waals surface area (Å²) < 4.78 is 6.76. The van der Waals surface area contributed by atoms with E-state index in [9.17, 15) is 0 Å². The van der Waals surface area contributed by atoms with E-state index in [0.717, 1.165) is 20.6 Å². The Balaban J connectivity index is 1.95. The van der Waals surface area contributed by atoms with Gasteiger partial charge >= 0.3 is 0 Å². The maximum absolute atomic E-state index is 9.11. The summed E-state index contributed by atoms with van der Waals surface area (Å²) in [4.78, 5) is 4.42. The lowest BCUT2D eigenvalue weighted by molar-refractivity contribution is 0.797. The minimum atomic E-state index is 0.252. The first-order valence-corrected chi connectivity index (χ1v) is 7.97. The van der Waals surface area contributed by atoms with Gasteiger partial charge in [-0.15, -0.1) is 0 Å². The molecule has 0 fully saturated rings. The van der Waals surface area contributed by atoms with Gasteiger partial charge in [0.05, 0.1) is 11.9 Å². The van der Waals surface area contributed by atoms with Crippen LogP contribution in [0, 0.1) is 11.3 Å². The van der Waals surface area contributed by atoms with Crippen molar-refractivity contribution in [1.29, 1.82) is 5.26 Å². The molecule has 0 atom stereocenters. The van der Waals surface area contributed by atoms with Crippen LogP contribution in [0.5, 0.6) is 0 Å². The van der Waals surface area contributed by atoms with Gasteiger partial charge in [0.1, 0.15) is 15.8 Å². The summed E-state index contributed by atoms with van der Waals surface area (Å²) in [5.41, 5.74) is 2.53. The SMILES string of the molecule is Cn1c(-c2ccccc2)cnc1Sc1snc(Cl)c1C#N. The number of aromatic nitrogens is 3. The topological polar surface area (TPSA) is 54.5 Å². The van der Waals surface area contributed by atoms with Crippen molar-refractivity contribution in [3.05, 3.63) is 47.2 Å². The Morgan fingerprint density at radius 1 is 1.33 bits per heavy atom. The van der Waals surface area contributed by atoms with E-state index < -0.39 is 0 Å². The molecule has 3 rings (SSSR count). The third-order valence-corrected chi connectivity index (χ3v) is 5.37. The Morgan fingerprint density at radius 3 is 2.81 bits per heavy atom. The number of nitriles is 1. The number of hydrogen-bond donors (Lipinski definition) is 0. The Hall–Kier alpha value is -1.81. The van der Waals surface area contributed by atoms with Gasteiger partial charge in [-0.3, -0.25) is 0 Å². The van der Waals surface area contributed by atoms with Crippen molar-refractivity contribution in [2.45, 2.75) is 9.37 Å². The molecule has 0 bridgehead atoms. The smallest absolute Gasteiger partial charge is 0.173 e. The summed E-state index contributed by atoms with van der Waals surface area (Å²) in [6.45, 7) is 0. The molecule has 2 heterocycles. The zero-order valence-corrected chi connectivity index (χ0v) is 13.3. The molecule has 0 amide bonds. The average Bonchev–Trinajstić information content (AvgIpc) is 3.04. The fourth-order valence-corrected chi connectivity index (χ4v) is 3.94. The second-order valence-corrected chi connectivity index (χ2v) is 6.57. The van der Waals surface area contributed by atoms with Crippen LogP contribution in [-0.2, 0) is 7.05 Å². The predicted molar refractivity (Wildman–Crippen MR) is 84.6 cm³/mol. The van der Waals surface area contributed by atoms with Crippen LogP contribution in [0.4, 0.5) is 0 Å². The maximum atomic E-state index is 9.11. The number of rotatable bonds is 3. The second kappa shape index (κ2) is 5.90. The van der Waals surface area contributed by atoms with Gasteiger partial charge in [-0.25, -0.2) is 4.98 Å². The molecule has 3 aromatic rings. The van der Waals surface area contributed by atoms with Gasteiger partial charge in [-0.1, -0.05) is 41.9 Å². The van der Waals surface area contributed by atoms with E-state index in [1.165, 1.54) is 23.3 Å². The van der Waals surface area contributed by atoms with Crippen molar-refractivity contribution >= 4 is 34.9 Å². The highest BCUT2D eigenvalue weighted by Gasteiger charge is 2.16. The second-order valence-electron chi connectivity index (χ2n) is 4.20. The third-order valence-electron chi connectivity index (χ3n) is 2.93. The predicted octanol–water partition coefficient (Wildman–Crippen LogP) is 4.22. The molecule has 7 heteroatoms. The number of hydrogen-bond acceptors (Lipinski definition) is 5. The quantitative estimate of drug-likeness (QED) is 0.720. The first kappa shape index (κ1) is 14.1. The summed E-state index contributed by atoms with van der Waals surface area (Å²) in [7, 11) is 1.95. The Labute approximate surface area is 135 Å². The lowest BCUT2D eigenvalue weighted by atomic mass is 10.2. The lowest BCUT2D eigenvalue weighted by Crippen LogP contribution is -1.93. The number of nitrogens with zero attached hydrogens (tertiary/aromatic N) is 4. The van der Waals surface area contributed by atoms with Crippen molar-refractivity contribution in [3.63, 3.8) is 0 Å². The molecule has 1 aromatic carbocycles. The maximum Gasteiger partial charge on any atom is 0.173 e. The van der Waals surface area contributed by atoms with Crippen LogP contribution in [0.2, 0.25) is 5.15 Å². The molecule has 0 aliphatic rings. The molecule has 0 unspecified atom stereocenters. The largest absolute Gasteiger partial charge is 0.322 e. The Bertz CT molecular complexity index is 817. The van der Waals surface area contributed by atoms with Crippen LogP contribution in [0.1, 0.15) is 5.56 Å². The lowest BCUT2D eigenvalue weighted by Gasteiger charge is -2.04.